The van der Waals surface area contributed by atoms with Crippen molar-refractivity contribution in [3.8, 4) is 0 Å². The van der Waals surface area contributed by atoms with Crippen LogP contribution in [0.15, 0.2) is 0 Å². The van der Waals surface area contributed by atoms with Crippen LogP contribution in [0.25, 0.3) is 0 Å². The third-order valence-corrected chi connectivity index (χ3v) is 4.03. The lowest BCUT2D eigenvalue weighted by atomic mass is 10.2. The highest BCUT2D eigenvalue weighted by Crippen LogP contribution is 2.07. The molecule has 0 aliphatic rings. The molecule has 0 spiro atoms. The summed E-state index contributed by atoms with van der Waals surface area (Å²) in [5.74, 6) is -0.262. The van der Waals surface area contributed by atoms with E-state index in [1.807, 2.05) is 25.9 Å². The molecule has 0 aromatic heterocycles. The van der Waals surface area contributed by atoms with Gasteiger partial charge in [0.25, 0.3) is 0 Å². The second kappa shape index (κ2) is 7.70. The van der Waals surface area contributed by atoms with Crippen LogP contribution in [0.1, 0.15) is 20.3 Å². The molecule has 1 atom stereocenters. The Morgan fingerprint density at radius 1 is 1.33 bits per heavy atom. The number of rotatable bonds is 8. The Balaban J connectivity index is 4.38. The number of carbonyl (C=O) groups is 1. The maximum absolute atomic E-state index is 11.7. The van der Waals surface area contributed by atoms with Crippen LogP contribution < -0.4 is 5.32 Å². The highest BCUT2D eigenvalue weighted by atomic mass is 32.2. The smallest absolute Gasteiger partial charge is 0.235 e. The SMILES string of the molecule is CCC(C)N(CC(=O)NCCN(C)C)S(C)(=O)=O. The van der Waals surface area contributed by atoms with Gasteiger partial charge in [0, 0.05) is 19.1 Å². The monoisotopic (exact) mass is 279 g/mol. The molecule has 0 bridgehead atoms. The Kier molecular flexibility index (Phi) is 7.42. The van der Waals surface area contributed by atoms with Gasteiger partial charge in [0.05, 0.1) is 12.8 Å². The molecule has 1 unspecified atom stereocenters. The molecule has 0 aliphatic heterocycles. The van der Waals surface area contributed by atoms with Crippen LogP contribution in [-0.2, 0) is 14.8 Å². The van der Waals surface area contributed by atoms with Gasteiger partial charge >= 0.3 is 0 Å². The topological polar surface area (TPSA) is 69.7 Å². The van der Waals surface area contributed by atoms with Crippen molar-refractivity contribution in [2.75, 3.05) is 40.0 Å². The maximum atomic E-state index is 11.7. The van der Waals surface area contributed by atoms with E-state index in [1.54, 1.807) is 6.92 Å². The summed E-state index contributed by atoms with van der Waals surface area (Å²) in [5, 5.41) is 2.71. The van der Waals surface area contributed by atoms with Gasteiger partial charge in [-0.1, -0.05) is 6.92 Å². The molecule has 1 N–H and O–H groups in total. The molecule has 6 nitrogen and oxygen atoms in total. The van der Waals surface area contributed by atoms with Crippen molar-refractivity contribution >= 4 is 15.9 Å². The molecule has 0 saturated heterocycles. The van der Waals surface area contributed by atoms with Gasteiger partial charge < -0.3 is 10.2 Å². The molecule has 0 fully saturated rings. The summed E-state index contributed by atoms with van der Waals surface area (Å²) in [6.07, 6.45) is 1.81. The first-order chi connectivity index (χ1) is 8.18. The number of nitrogens with one attached hydrogen (secondary N) is 1. The maximum Gasteiger partial charge on any atom is 0.235 e. The zero-order valence-electron chi connectivity index (χ0n) is 11.9. The zero-order valence-corrected chi connectivity index (χ0v) is 12.7. The van der Waals surface area contributed by atoms with Gasteiger partial charge in [0.2, 0.25) is 15.9 Å². The van der Waals surface area contributed by atoms with Crippen molar-refractivity contribution in [3.63, 3.8) is 0 Å². The number of nitrogens with zero attached hydrogens (tertiary/aromatic N) is 2. The summed E-state index contributed by atoms with van der Waals surface area (Å²) >= 11 is 0. The third kappa shape index (κ3) is 6.93. The molecule has 0 aromatic rings. The van der Waals surface area contributed by atoms with Crippen LogP contribution in [0.5, 0.6) is 0 Å². The average molecular weight is 279 g/mol. The molecule has 0 aromatic carbocycles. The Morgan fingerprint density at radius 2 is 1.89 bits per heavy atom. The summed E-state index contributed by atoms with van der Waals surface area (Å²) in [6.45, 7) is 4.83. The second-order valence-corrected chi connectivity index (χ2v) is 6.65. The van der Waals surface area contributed by atoms with E-state index < -0.39 is 10.0 Å². The van der Waals surface area contributed by atoms with Gasteiger partial charge in [-0.15, -0.1) is 0 Å². The van der Waals surface area contributed by atoms with E-state index in [2.05, 4.69) is 5.32 Å². The van der Waals surface area contributed by atoms with E-state index in [0.29, 0.717) is 13.0 Å². The molecular weight excluding hydrogens is 254 g/mol. The van der Waals surface area contributed by atoms with Crippen molar-refractivity contribution in [2.45, 2.75) is 26.3 Å². The zero-order chi connectivity index (χ0) is 14.3. The molecule has 108 valence electrons. The number of hydrogen-bond donors (Lipinski definition) is 1. The number of amides is 1. The van der Waals surface area contributed by atoms with Crippen molar-refractivity contribution in [3.05, 3.63) is 0 Å². The highest BCUT2D eigenvalue weighted by molar-refractivity contribution is 7.88. The summed E-state index contributed by atoms with van der Waals surface area (Å²) in [5.41, 5.74) is 0. The molecule has 0 saturated carbocycles. The normalized spacial score (nSPS) is 13.9. The second-order valence-electron chi connectivity index (χ2n) is 4.72. The van der Waals surface area contributed by atoms with Crippen LogP contribution in [0.3, 0.4) is 0 Å². The fraction of sp³-hybridized carbons (Fsp3) is 0.909. The van der Waals surface area contributed by atoms with E-state index in [1.165, 1.54) is 4.31 Å². The predicted molar refractivity (Wildman–Crippen MR) is 72.9 cm³/mol. The molecular formula is C11H25N3O3S. The van der Waals surface area contributed by atoms with Crippen LogP contribution in [0.4, 0.5) is 0 Å². The van der Waals surface area contributed by atoms with Gasteiger partial charge in [-0.05, 0) is 27.4 Å². The first-order valence-corrected chi connectivity index (χ1v) is 7.91. The lowest BCUT2D eigenvalue weighted by Crippen LogP contribution is -2.45. The van der Waals surface area contributed by atoms with Gasteiger partial charge in [0.15, 0.2) is 0 Å². The van der Waals surface area contributed by atoms with Gasteiger partial charge in [-0.2, -0.15) is 4.31 Å². The van der Waals surface area contributed by atoms with E-state index in [9.17, 15) is 13.2 Å². The quantitative estimate of drug-likeness (QED) is 0.664. The molecule has 7 heteroatoms. The summed E-state index contributed by atoms with van der Waals surface area (Å²) in [7, 11) is 0.471. The molecule has 0 aliphatic carbocycles. The molecule has 0 rings (SSSR count). The third-order valence-electron chi connectivity index (χ3n) is 2.69. The fourth-order valence-corrected chi connectivity index (χ4v) is 2.57. The predicted octanol–water partition coefficient (Wildman–Crippen LogP) is -0.276. The standard InChI is InChI=1S/C11H25N3O3S/c1-6-10(2)14(18(5,16)17)9-11(15)12-7-8-13(3)4/h10H,6-9H2,1-5H3,(H,12,15). The number of carbonyl (C=O) groups excluding carboxylic acids is 1. The minimum atomic E-state index is -3.35. The highest BCUT2D eigenvalue weighted by Gasteiger charge is 2.24. The minimum Gasteiger partial charge on any atom is -0.354 e. The lowest BCUT2D eigenvalue weighted by molar-refractivity contribution is -0.121. The van der Waals surface area contributed by atoms with Crippen molar-refractivity contribution in [1.29, 1.82) is 0 Å². The molecule has 0 radical (unpaired) electrons. The minimum absolute atomic E-state index is 0.110. The van der Waals surface area contributed by atoms with Crippen LogP contribution in [0.2, 0.25) is 0 Å². The van der Waals surface area contributed by atoms with Crippen LogP contribution >= 0.6 is 0 Å². The lowest BCUT2D eigenvalue weighted by Gasteiger charge is -2.25. The fourth-order valence-electron chi connectivity index (χ4n) is 1.42. The average Bonchev–Trinajstić information content (AvgIpc) is 2.22. The Hall–Kier alpha value is -0.660. The first-order valence-electron chi connectivity index (χ1n) is 6.06. The largest absolute Gasteiger partial charge is 0.354 e. The Bertz CT molecular complexity index is 355. The summed E-state index contributed by atoms with van der Waals surface area (Å²) < 4.78 is 24.4. The van der Waals surface area contributed by atoms with Gasteiger partial charge in [-0.25, -0.2) is 8.42 Å². The van der Waals surface area contributed by atoms with E-state index >= 15 is 0 Å². The number of hydrogen-bond acceptors (Lipinski definition) is 4. The van der Waals surface area contributed by atoms with Gasteiger partial charge in [-0.3, -0.25) is 4.79 Å². The summed E-state index contributed by atoms with van der Waals surface area (Å²) in [4.78, 5) is 13.6. The Morgan fingerprint density at radius 3 is 2.28 bits per heavy atom. The van der Waals surface area contributed by atoms with Crippen molar-refractivity contribution < 1.29 is 13.2 Å². The Labute approximate surface area is 110 Å². The summed E-state index contributed by atoms with van der Waals surface area (Å²) in [6, 6.07) is -0.167. The number of likely N-dealkylation sites (N-methyl/N-ethyl adjacent to an activating group) is 1. The number of sulfonamides is 1. The first kappa shape index (κ1) is 17.3. The van der Waals surface area contributed by atoms with Gasteiger partial charge in [0.1, 0.15) is 0 Å². The van der Waals surface area contributed by atoms with Crippen molar-refractivity contribution in [2.24, 2.45) is 0 Å². The molecule has 18 heavy (non-hydrogen) atoms. The van der Waals surface area contributed by atoms with E-state index in [-0.39, 0.29) is 18.5 Å². The van der Waals surface area contributed by atoms with Crippen molar-refractivity contribution in [1.82, 2.24) is 14.5 Å². The van der Waals surface area contributed by atoms with Crippen LogP contribution in [0, 0.1) is 0 Å². The van der Waals surface area contributed by atoms with E-state index in [4.69, 9.17) is 0 Å². The molecule has 0 heterocycles. The van der Waals surface area contributed by atoms with Crippen LogP contribution in [-0.4, -0.2) is 69.6 Å². The van der Waals surface area contributed by atoms with E-state index in [0.717, 1.165) is 12.8 Å². The molecule has 1 amide bonds.